The second kappa shape index (κ2) is 5.62. The number of hydrogen-bond acceptors (Lipinski definition) is 4. The van der Waals surface area contributed by atoms with Crippen molar-refractivity contribution in [2.45, 2.75) is 23.2 Å². The summed E-state index contributed by atoms with van der Waals surface area (Å²) in [6.07, 6.45) is 2.44. The Kier molecular flexibility index (Phi) is 4.33. The van der Waals surface area contributed by atoms with E-state index in [1.807, 2.05) is 6.07 Å². The van der Waals surface area contributed by atoms with Crippen LogP contribution in [0.15, 0.2) is 0 Å². The highest BCUT2D eigenvalue weighted by Crippen LogP contribution is 2.39. The zero-order valence-corrected chi connectivity index (χ0v) is 11.9. The van der Waals surface area contributed by atoms with Crippen LogP contribution in [0, 0.1) is 11.3 Å². The molecule has 18 heavy (non-hydrogen) atoms. The van der Waals surface area contributed by atoms with Crippen LogP contribution in [0.5, 0.6) is 0 Å². The van der Waals surface area contributed by atoms with Crippen molar-refractivity contribution in [2.75, 3.05) is 19.6 Å². The van der Waals surface area contributed by atoms with Crippen LogP contribution in [0.1, 0.15) is 24.2 Å². The van der Waals surface area contributed by atoms with Crippen LogP contribution in [0.4, 0.5) is 0 Å². The number of hydrogen-bond donors (Lipinski definition) is 0. The van der Waals surface area contributed by atoms with Crippen LogP contribution >= 0.6 is 34.8 Å². The molecule has 1 aromatic heterocycles. The quantitative estimate of drug-likeness (QED) is 0.802. The van der Waals surface area contributed by atoms with E-state index in [1.54, 1.807) is 0 Å². The third-order valence-electron chi connectivity index (χ3n) is 2.94. The molecule has 0 spiro atoms. The fraction of sp³-hybridized carbons (Fsp3) is 0.700. The molecule has 0 amide bonds. The van der Waals surface area contributed by atoms with Crippen LogP contribution in [0.25, 0.3) is 0 Å². The maximum atomic E-state index is 8.92. The summed E-state index contributed by atoms with van der Waals surface area (Å²) in [7, 11) is 0. The molecule has 0 unspecified atom stereocenters. The molecule has 0 N–H and O–H groups in total. The maximum Gasteiger partial charge on any atom is 0.235 e. The monoisotopic (exact) mass is 307 g/mol. The first-order chi connectivity index (χ1) is 8.52. The molecule has 0 bridgehead atoms. The fourth-order valence-corrected chi connectivity index (χ4v) is 2.63. The van der Waals surface area contributed by atoms with Crippen LogP contribution in [0.2, 0.25) is 0 Å². The molecule has 1 fully saturated rings. The Morgan fingerprint density at radius 1 is 1.22 bits per heavy atom. The summed E-state index contributed by atoms with van der Waals surface area (Å²) in [4.78, 5) is 2.32. The number of alkyl halides is 3. The van der Waals surface area contributed by atoms with Crippen LogP contribution in [-0.2, 0) is 10.3 Å². The van der Waals surface area contributed by atoms with Gasteiger partial charge in [0.1, 0.15) is 11.8 Å². The first kappa shape index (κ1) is 13.9. The van der Waals surface area contributed by atoms with Crippen LogP contribution in [0.3, 0.4) is 0 Å². The standard InChI is InChI=1S/C10H12Cl3N5/c11-10(12,13)9-8(7-14)15-16-18(9)6-5-17-3-1-2-4-17/h1-6H2. The molecule has 0 aliphatic carbocycles. The third kappa shape index (κ3) is 3.07. The van der Waals surface area contributed by atoms with E-state index in [1.165, 1.54) is 17.5 Å². The number of nitriles is 1. The minimum atomic E-state index is -1.68. The molecule has 2 rings (SSSR count). The summed E-state index contributed by atoms with van der Waals surface area (Å²) >= 11 is 17.5. The molecule has 0 aromatic carbocycles. The van der Waals surface area contributed by atoms with Gasteiger partial charge in [0.05, 0.1) is 6.54 Å². The number of nitrogens with zero attached hydrogens (tertiary/aromatic N) is 5. The lowest BCUT2D eigenvalue weighted by molar-refractivity contribution is 0.312. The zero-order chi connectivity index (χ0) is 13.2. The topological polar surface area (TPSA) is 57.7 Å². The molecular weight excluding hydrogens is 297 g/mol. The molecule has 1 aromatic rings. The molecule has 98 valence electrons. The van der Waals surface area contributed by atoms with Gasteiger partial charge in [-0.25, -0.2) is 4.68 Å². The van der Waals surface area contributed by atoms with Crippen LogP contribution in [-0.4, -0.2) is 39.5 Å². The number of likely N-dealkylation sites (tertiary alicyclic amines) is 1. The van der Waals surface area contributed by atoms with E-state index in [0.29, 0.717) is 6.54 Å². The number of halogens is 3. The second-order valence-corrected chi connectivity index (χ2v) is 6.45. The highest BCUT2D eigenvalue weighted by atomic mass is 35.6. The van der Waals surface area contributed by atoms with Gasteiger partial charge in [-0.05, 0) is 25.9 Å². The van der Waals surface area contributed by atoms with Crippen molar-refractivity contribution in [3.63, 3.8) is 0 Å². The minimum absolute atomic E-state index is 0.0661. The average Bonchev–Trinajstić information content (AvgIpc) is 2.94. The van der Waals surface area contributed by atoms with Gasteiger partial charge in [-0.2, -0.15) is 5.26 Å². The van der Waals surface area contributed by atoms with Crippen molar-refractivity contribution >= 4 is 34.8 Å². The molecule has 2 heterocycles. The Labute approximate surface area is 120 Å². The smallest absolute Gasteiger partial charge is 0.235 e. The average molecular weight is 309 g/mol. The highest BCUT2D eigenvalue weighted by Gasteiger charge is 2.32. The van der Waals surface area contributed by atoms with Gasteiger partial charge in [0.15, 0.2) is 5.69 Å². The highest BCUT2D eigenvalue weighted by molar-refractivity contribution is 6.66. The van der Waals surface area contributed by atoms with Gasteiger partial charge in [0, 0.05) is 6.54 Å². The van der Waals surface area contributed by atoms with Gasteiger partial charge >= 0.3 is 0 Å². The Balaban J connectivity index is 2.12. The van der Waals surface area contributed by atoms with Gasteiger partial charge in [0.2, 0.25) is 3.79 Å². The second-order valence-electron chi connectivity index (χ2n) is 4.17. The van der Waals surface area contributed by atoms with E-state index >= 15 is 0 Å². The molecule has 1 saturated heterocycles. The maximum absolute atomic E-state index is 8.92. The van der Waals surface area contributed by atoms with Crippen molar-refractivity contribution in [3.8, 4) is 6.07 Å². The Morgan fingerprint density at radius 3 is 2.44 bits per heavy atom. The van der Waals surface area contributed by atoms with E-state index in [2.05, 4.69) is 15.2 Å². The fourth-order valence-electron chi connectivity index (χ4n) is 2.07. The normalized spacial score (nSPS) is 17.0. The molecule has 0 radical (unpaired) electrons. The first-order valence-electron chi connectivity index (χ1n) is 5.65. The van der Waals surface area contributed by atoms with Gasteiger partial charge in [-0.1, -0.05) is 40.0 Å². The van der Waals surface area contributed by atoms with Crippen molar-refractivity contribution in [2.24, 2.45) is 0 Å². The summed E-state index contributed by atoms with van der Waals surface area (Å²) in [5.74, 6) is 0. The summed E-state index contributed by atoms with van der Waals surface area (Å²) in [5.41, 5.74) is 0.311. The lowest BCUT2D eigenvalue weighted by Crippen LogP contribution is -2.26. The predicted molar refractivity (Wildman–Crippen MR) is 69.6 cm³/mol. The van der Waals surface area contributed by atoms with E-state index in [-0.39, 0.29) is 11.4 Å². The van der Waals surface area contributed by atoms with Gasteiger partial charge in [0.25, 0.3) is 0 Å². The zero-order valence-electron chi connectivity index (χ0n) is 9.61. The third-order valence-corrected chi connectivity index (χ3v) is 3.47. The van der Waals surface area contributed by atoms with Crippen molar-refractivity contribution in [1.82, 2.24) is 19.9 Å². The van der Waals surface area contributed by atoms with E-state index < -0.39 is 3.79 Å². The largest absolute Gasteiger partial charge is 0.301 e. The lowest BCUT2D eigenvalue weighted by Gasteiger charge is -2.17. The molecule has 1 aliphatic rings. The number of rotatable bonds is 3. The summed E-state index contributed by atoms with van der Waals surface area (Å²) in [5, 5.41) is 16.5. The molecule has 0 saturated carbocycles. The first-order valence-corrected chi connectivity index (χ1v) is 6.79. The number of aromatic nitrogens is 3. The van der Waals surface area contributed by atoms with Crippen molar-refractivity contribution in [3.05, 3.63) is 11.4 Å². The molecule has 0 atom stereocenters. The van der Waals surface area contributed by atoms with Gasteiger partial charge in [-0.3, -0.25) is 0 Å². The molecular formula is C10H12Cl3N5. The van der Waals surface area contributed by atoms with Crippen molar-refractivity contribution in [1.29, 1.82) is 5.26 Å². The Hall–Kier alpha value is -0.540. The Morgan fingerprint density at radius 2 is 1.89 bits per heavy atom. The van der Waals surface area contributed by atoms with E-state index in [9.17, 15) is 0 Å². The van der Waals surface area contributed by atoms with Gasteiger partial charge in [-0.15, -0.1) is 5.10 Å². The molecule has 1 aliphatic heterocycles. The lowest BCUT2D eigenvalue weighted by atomic mass is 10.3. The summed E-state index contributed by atoms with van der Waals surface area (Å²) in [6.45, 7) is 3.56. The van der Waals surface area contributed by atoms with Crippen molar-refractivity contribution < 1.29 is 0 Å². The molecule has 8 heteroatoms. The predicted octanol–water partition coefficient (Wildman–Crippen LogP) is 2.07. The minimum Gasteiger partial charge on any atom is -0.301 e. The van der Waals surface area contributed by atoms with E-state index in [0.717, 1.165) is 19.6 Å². The Bertz CT molecular complexity index is 453. The van der Waals surface area contributed by atoms with Crippen LogP contribution < -0.4 is 0 Å². The molecule has 5 nitrogen and oxygen atoms in total. The van der Waals surface area contributed by atoms with E-state index in [4.69, 9.17) is 40.1 Å². The summed E-state index contributed by atoms with van der Waals surface area (Å²) < 4.78 is -0.177. The summed E-state index contributed by atoms with van der Waals surface area (Å²) in [6, 6.07) is 1.89. The SMILES string of the molecule is N#Cc1nnn(CCN2CCCC2)c1C(Cl)(Cl)Cl. The van der Waals surface area contributed by atoms with Gasteiger partial charge < -0.3 is 4.90 Å².